The second-order valence-electron chi connectivity index (χ2n) is 11.7. The van der Waals surface area contributed by atoms with Gasteiger partial charge in [0.05, 0.1) is 12.5 Å². The molecule has 41 heavy (non-hydrogen) atoms. The van der Waals surface area contributed by atoms with Gasteiger partial charge in [0.1, 0.15) is 12.6 Å². The van der Waals surface area contributed by atoms with Gasteiger partial charge in [-0.3, -0.25) is 19.2 Å². The minimum absolute atomic E-state index is 0.0146. The Labute approximate surface area is 243 Å². The van der Waals surface area contributed by atoms with Crippen molar-refractivity contribution in [3.8, 4) is 0 Å². The van der Waals surface area contributed by atoms with Crippen molar-refractivity contribution in [2.45, 2.75) is 83.8 Å². The zero-order valence-corrected chi connectivity index (χ0v) is 24.4. The first-order valence-corrected chi connectivity index (χ1v) is 15.1. The molecule has 220 valence electrons. The normalized spacial score (nSPS) is 20.3. The van der Waals surface area contributed by atoms with Crippen molar-refractivity contribution >= 4 is 29.6 Å². The molecule has 2 aliphatic heterocycles. The molecule has 0 saturated carbocycles. The monoisotopic (exact) mass is 561 g/mol. The third-order valence-electron chi connectivity index (χ3n) is 7.83. The Kier molecular flexibility index (Phi) is 11.5. The number of carbonyl (C=O) groups excluding carboxylic acids is 3. The summed E-state index contributed by atoms with van der Waals surface area (Å²) in [6.07, 6.45) is 8.62. The van der Waals surface area contributed by atoms with Crippen molar-refractivity contribution in [1.82, 2.24) is 16.1 Å². The molecule has 0 radical (unpaired) electrons. The molecule has 2 aliphatic rings. The standard InChI is InChI=1S/C33H44N4O4/c1-24(2)19-26(21-31(38)36-41-23-25-13-7-6-8-14-25)32(39)35-29-20-27-22-37(30-16-10-9-15-28(27)30)18-12-5-3-4-11-17-34-33(29)40/h6-10,13-16,22,24,26-27,29H,3-5,11-12,17-21,23H2,1-2H3,(H2-,34,35,36,38,39,40)/p+1. The van der Waals surface area contributed by atoms with Crippen molar-refractivity contribution in [3.63, 3.8) is 0 Å². The molecule has 0 aliphatic carbocycles. The molecule has 3 unspecified atom stereocenters. The zero-order valence-electron chi connectivity index (χ0n) is 24.4. The van der Waals surface area contributed by atoms with Crippen LogP contribution in [-0.2, 0) is 25.8 Å². The molecule has 0 spiro atoms. The Balaban J connectivity index is 1.44. The lowest BCUT2D eigenvalue weighted by Gasteiger charge is -2.24. The third kappa shape index (κ3) is 9.25. The van der Waals surface area contributed by atoms with Crippen molar-refractivity contribution in [1.29, 1.82) is 0 Å². The maximum Gasteiger partial charge on any atom is 0.244 e. The maximum absolute atomic E-state index is 13.6. The van der Waals surface area contributed by atoms with E-state index in [0.717, 1.165) is 37.8 Å². The summed E-state index contributed by atoms with van der Waals surface area (Å²) in [5.74, 6) is -1.16. The summed E-state index contributed by atoms with van der Waals surface area (Å²) in [6.45, 7) is 5.84. The summed E-state index contributed by atoms with van der Waals surface area (Å²) < 4.78 is 2.31. The zero-order chi connectivity index (χ0) is 29.0. The van der Waals surface area contributed by atoms with Crippen LogP contribution in [0.4, 0.5) is 5.69 Å². The molecule has 0 fully saturated rings. The highest BCUT2D eigenvalue weighted by molar-refractivity contribution is 5.91. The number of hydroxylamine groups is 1. The molecule has 3 atom stereocenters. The lowest BCUT2D eigenvalue weighted by Crippen LogP contribution is -2.50. The van der Waals surface area contributed by atoms with Gasteiger partial charge in [-0.1, -0.05) is 75.2 Å². The van der Waals surface area contributed by atoms with Crippen LogP contribution >= 0.6 is 0 Å². The van der Waals surface area contributed by atoms with Crippen molar-refractivity contribution in [3.05, 3.63) is 65.7 Å². The molecule has 8 heteroatoms. The average molecular weight is 562 g/mol. The number of benzene rings is 2. The quantitative estimate of drug-likeness (QED) is 0.304. The fourth-order valence-corrected chi connectivity index (χ4v) is 5.76. The van der Waals surface area contributed by atoms with E-state index in [4.69, 9.17) is 4.84 Å². The van der Waals surface area contributed by atoms with E-state index < -0.39 is 12.0 Å². The Bertz CT molecular complexity index is 1200. The minimum atomic E-state index is -0.702. The van der Waals surface area contributed by atoms with Crippen LogP contribution in [0.15, 0.2) is 54.6 Å². The van der Waals surface area contributed by atoms with Crippen LogP contribution in [0.3, 0.4) is 0 Å². The highest BCUT2D eigenvalue weighted by Gasteiger charge is 2.35. The SMILES string of the molecule is CC(C)CC(CC(=O)NOCc1ccccc1)C(=O)NC1CC2C=[N+](CCCCCCCNC1=O)c1ccccc12. The molecule has 0 aromatic heterocycles. The number of hydrogen-bond donors (Lipinski definition) is 3. The molecule has 2 bridgehead atoms. The van der Waals surface area contributed by atoms with Gasteiger partial charge in [-0.2, -0.15) is 0 Å². The van der Waals surface area contributed by atoms with E-state index in [9.17, 15) is 14.4 Å². The number of nitrogens with one attached hydrogen (secondary N) is 3. The molecule has 2 aromatic rings. The molecule has 3 amide bonds. The Morgan fingerprint density at radius 2 is 1.73 bits per heavy atom. The summed E-state index contributed by atoms with van der Waals surface area (Å²) in [5.41, 5.74) is 5.79. The molecule has 2 aromatic carbocycles. The van der Waals surface area contributed by atoms with E-state index in [0.29, 0.717) is 19.4 Å². The van der Waals surface area contributed by atoms with Gasteiger partial charge in [-0.15, -0.1) is 0 Å². The Morgan fingerprint density at radius 3 is 2.54 bits per heavy atom. The molecule has 8 nitrogen and oxygen atoms in total. The smallest absolute Gasteiger partial charge is 0.244 e. The van der Waals surface area contributed by atoms with Crippen LogP contribution in [0.1, 0.15) is 82.3 Å². The number of amides is 3. The second-order valence-corrected chi connectivity index (χ2v) is 11.7. The van der Waals surface area contributed by atoms with Crippen LogP contribution in [-0.4, -0.2) is 47.6 Å². The van der Waals surface area contributed by atoms with Crippen molar-refractivity contribution < 1.29 is 23.8 Å². The number of para-hydroxylation sites is 1. The number of rotatable bonds is 9. The largest absolute Gasteiger partial charge is 0.354 e. The predicted molar refractivity (Wildman–Crippen MR) is 160 cm³/mol. The van der Waals surface area contributed by atoms with Crippen LogP contribution < -0.4 is 16.1 Å². The second kappa shape index (κ2) is 15.5. The maximum atomic E-state index is 13.6. The minimum Gasteiger partial charge on any atom is -0.354 e. The lowest BCUT2D eigenvalue weighted by molar-refractivity contribution is -0.433. The molecule has 2 heterocycles. The first-order chi connectivity index (χ1) is 19.9. The van der Waals surface area contributed by atoms with Crippen LogP contribution in [0.2, 0.25) is 0 Å². The van der Waals surface area contributed by atoms with E-state index in [1.807, 2.05) is 56.3 Å². The predicted octanol–water partition coefficient (Wildman–Crippen LogP) is 4.75. The Hall–Kier alpha value is -3.52. The van der Waals surface area contributed by atoms with Crippen LogP contribution in [0, 0.1) is 11.8 Å². The summed E-state index contributed by atoms with van der Waals surface area (Å²) in [7, 11) is 0. The summed E-state index contributed by atoms with van der Waals surface area (Å²) in [6, 6.07) is 17.2. The number of nitrogens with zero attached hydrogens (tertiary/aromatic N) is 1. The highest BCUT2D eigenvalue weighted by atomic mass is 16.6. The summed E-state index contributed by atoms with van der Waals surface area (Å²) in [4.78, 5) is 45.1. The molecule has 4 rings (SSSR count). The molecular weight excluding hydrogens is 516 g/mol. The van der Waals surface area contributed by atoms with Gasteiger partial charge in [0, 0.05) is 36.9 Å². The van der Waals surface area contributed by atoms with E-state index in [1.54, 1.807) is 0 Å². The molecule has 3 N–H and O–H groups in total. The Morgan fingerprint density at radius 1 is 1.00 bits per heavy atom. The van der Waals surface area contributed by atoms with E-state index in [-0.39, 0.29) is 42.6 Å². The van der Waals surface area contributed by atoms with Gasteiger partial charge in [-0.05, 0) is 37.2 Å². The van der Waals surface area contributed by atoms with Gasteiger partial charge < -0.3 is 10.6 Å². The highest BCUT2D eigenvalue weighted by Crippen LogP contribution is 2.34. The van der Waals surface area contributed by atoms with Crippen LogP contribution in [0.5, 0.6) is 0 Å². The number of hydrogen-bond acceptors (Lipinski definition) is 4. The average Bonchev–Trinajstić information content (AvgIpc) is 3.30. The topological polar surface area (TPSA) is 99.5 Å². The van der Waals surface area contributed by atoms with E-state index in [2.05, 4.69) is 39.0 Å². The fraction of sp³-hybridized carbons (Fsp3) is 0.515. The number of fused-ring (bicyclic) bond motifs is 4. The van der Waals surface area contributed by atoms with Gasteiger partial charge in [-0.25, -0.2) is 10.1 Å². The van der Waals surface area contributed by atoms with Gasteiger partial charge >= 0.3 is 0 Å². The number of carbonyl (C=O) groups is 3. The lowest BCUT2D eigenvalue weighted by atomic mass is 9.90. The summed E-state index contributed by atoms with van der Waals surface area (Å²) >= 11 is 0. The molecular formula is C33H45N4O4+. The van der Waals surface area contributed by atoms with Gasteiger partial charge in [0.2, 0.25) is 23.4 Å². The van der Waals surface area contributed by atoms with Gasteiger partial charge in [0.15, 0.2) is 6.21 Å². The van der Waals surface area contributed by atoms with E-state index >= 15 is 0 Å². The fourth-order valence-electron chi connectivity index (χ4n) is 5.76. The first-order valence-electron chi connectivity index (χ1n) is 15.1. The van der Waals surface area contributed by atoms with E-state index in [1.165, 1.54) is 17.7 Å². The third-order valence-corrected chi connectivity index (χ3v) is 7.83. The van der Waals surface area contributed by atoms with Crippen molar-refractivity contribution in [2.24, 2.45) is 11.8 Å². The molecule has 0 saturated heterocycles. The summed E-state index contributed by atoms with van der Waals surface area (Å²) in [5, 5.41) is 6.10. The first kappa shape index (κ1) is 30.4. The van der Waals surface area contributed by atoms with Crippen LogP contribution in [0.25, 0.3) is 0 Å². The van der Waals surface area contributed by atoms with Crippen molar-refractivity contribution in [2.75, 3.05) is 13.1 Å². The van der Waals surface area contributed by atoms with Gasteiger partial charge in [0.25, 0.3) is 0 Å².